The van der Waals surface area contributed by atoms with Crippen LogP contribution in [0.2, 0.25) is 0 Å². The van der Waals surface area contributed by atoms with Crippen LogP contribution in [-0.4, -0.2) is 51.0 Å². The molecule has 0 saturated carbocycles. The van der Waals surface area contributed by atoms with Crippen molar-refractivity contribution in [2.24, 2.45) is 7.05 Å². The van der Waals surface area contributed by atoms with Crippen molar-refractivity contribution in [1.82, 2.24) is 24.4 Å². The molecule has 1 amide bonds. The van der Waals surface area contributed by atoms with E-state index in [-0.39, 0.29) is 5.91 Å². The molecule has 7 nitrogen and oxygen atoms in total. The highest BCUT2D eigenvalue weighted by atomic mass is 32.1. The quantitative estimate of drug-likeness (QED) is 0.404. The van der Waals surface area contributed by atoms with Crippen molar-refractivity contribution in [2.75, 3.05) is 26.0 Å². The number of imidazole rings is 1. The van der Waals surface area contributed by atoms with Crippen LogP contribution in [0, 0.1) is 0 Å². The van der Waals surface area contributed by atoms with Crippen LogP contribution in [0.25, 0.3) is 32.0 Å². The Morgan fingerprint density at radius 3 is 2.70 bits per heavy atom. The Hall–Kier alpha value is -3.78. The molecule has 0 aliphatic heterocycles. The zero-order valence-electron chi connectivity index (χ0n) is 18.7. The second-order valence-corrected chi connectivity index (χ2v) is 8.96. The Balaban J connectivity index is 1.44. The Kier molecular flexibility index (Phi) is 5.51. The van der Waals surface area contributed by atoms with Gasteiger partial charge in [-0.25, -0.2) is 15.0 Å². The number of likely N-dealkylation sites (N-methyl/N-ethyl adjacent to an activating group) is 1. The maximum atomic E-state index is 13.1. The van der Waals surface area contributed by atoms with Crippen molar-refractivity contribution in [1.29, 1.82) is 0 Å². The van der Waals surface area contributed by atoms with E-state index in [1.165, 1.54) is 16.9 Å². The van der Waals surface area contributed by atoms with E-state index in [9.17, 15) is 4.79 Å². The van der Waals surface area contributed by atoms with Crippen LogP contribution in [0.5, 0.6) is 0 Å². The van der Waals surface area contributed by atoms with Gasteiger partial charge in [-0.05, 0) is 24.1 Å². The van der Waals surface area contributed by atoms with Gasteiger partial charge in [-0.15, -0.1) is 0 Å². The summed E-state index contributed by atoms with van der Waals surface area (Å²) in [6.07, 6.45) is 2.59. The maximum absolute atomic E-state index is 13.1. The lowest BCUT2D eigenvalue weighted by Gasteiger charge is -2.17. The minimum atomic E-state index is -0.00138. The summed E-state index contributed by atoms with van der Waals surface area (Å²) in [5, 5.41) is 3.96. The number of thiazole rings is 1. The van der Waals surface area contributed by atoms with Gasteiger partial charge in [-0.2, -0.15) is 0 Å². The molecule has 0 fully saturated rings. The Bertz CT molecular complexity index is 1460. The first-order valence-corrected chi connectivity index (χ1v) is 11.6. The minimum absolute atomic E-state index is 0.00138. The molecule has 5 rings (SSSR count). The molecule has 3 heterocycles. The molecular formula is C25H24N6OS. The fraction of sp³-hybridized carbons (Fsp3) is 0.200. The highest BCUT2D eigenvalue weighted by Crippen LogP contribution is 2.35. The molecule has 2 aromatic carbocycles. The van der Waals surface area contributed by atoms with Crippen LogP contribution in [0.3, 0.4) is 0 Å². The minimum Gasteiger partial charge on any atom is -0.371 e. The summed E-state index contributed by atoms with van der Waals surface area (Å²) < 4.78 is 1.96. The molecule has 0 saturated heterocycles. The summed E-state index contributed by atoms with van der Waals surface area (Å²) in [6, 6.07) is 17.9. The van der Waals surface area contributed by atoms with Crippen LogP contribution in [0.1, 0.15) is 15.9 Å². The Morgan fingerprint density at radius 1 is 1.09 bits per heavy atom. The Labute approximate surface area is 195 Å². The topological polar surface area (TPSA) is 75.9 Å². The van der Waals surface area contributed by atoms with Gasteiger partial charge in [0.1, 0.15) is 26.4 Å². The number of hydrogen-bond donors (Lipinski definition) is 1. The zero-order valence-corrected chi connectivity index (χ0v) is 19.6. The number of carbonyl (C=O) groups is 1. The number of benzene rings is 2. The lowest BCUT2D eigenvalue weighted by molar-refractivity contribution is 0.0796. The number of nitrogens with one attached hydrogen (secondary N) is 1. The van der Waals surface area contributed by atoms with Gasteiger partial charge < -0.3 is 14.8 Å². The van der Waals surface area contributed by atoms with Crippen molar-refractivity contribution in [3.8, 4) is 10.6 Å². The number of pyridine rings is 1. The number of fused-ring (bicyclic) bond motifs is 3. The standard InChI is InChI=1S/C25H24N6OS/c1-26-22-19-21(31(3)15-27-19)20-24(29-22)33-23(28-20)17-10-7-11-18(14-17)25(32)30(2)13-12-16-8-5-4-6-9-16/h4-11,14-15H,12-13H2,1-3H3,(H,26,29). The number of nitrogens with zero attached hydrogens (tertiary/aromatic N) is 5. The van der Waals surface area contributed by atoms with Crippen LogP contribution in [-0.2, 0) is 13.5 Å². The molecule has 5 aromatic rings. The average molecular weight is 457 g/mol. The van der Waals surface area contributed by atoms with Gasteiger partial charge in [0.25, 0.3) is 5.91 Å². The van der Waals surface area contributed by atoms with Crippen LogP contribution < -0.4 is 5.32 Å². The fourth-order valence-corrected chi connectivity index (χ4v) is 4.87. The van der Waals surface area contributed by atoms with Crippen molar-refractivity contribution in [3.05, 3.63) is 72.1 Å². The molecule has 0 aliphatic rings. The summed E-state index contributed by atoms with van der Waals surface area (Å²) in [6.45, 7) is 0.656. The molecule has 0 spiro atoms. The van der Waals surface area contributed by atoms with Gasteiger partial charge in [0, 0.05) is 38.8 Å². The fourth-order valence-electron chi connectivity index (χ4n) is 3.93. The number of rotatable bonds is 6. The molecular weight excluding hydrogens is 432 g/mol. The van der Waals surface area contributed by atoms with E-state index in [2.05, 4.69) is 22.4 Å². The van der Waals surface area contributed by atoms with Gasteiger partial charge >= 0.3 is 0 Å². The first kappa shape index (κ1) is 21.1. The van der Waals surface area contributed by atoms with Crippen LogP contribution in [0.4, 0.5) is 5.82 Å². The largest absolute Gasteiger partial charge is 0.371 e. The first-order chi connectivity index (χ1) is 16.0. The summed E-state index contributed by atoms with van der Waals surface area (Å²) in [7, 11) is 5.64. The van der Waals surface area contributed by atoms with Gasteiger partial charge in [0.2, 0.25) is 0 Å². The number of amides is 1. The van der Waals surface area contributed by atoms with E-state index >= 15 is 0 Å². The number of aromatic nitrogens is 4. The molecule has 8 heteroatoms. The van der Waals surface area contributed by atoms with E-state index < -0.39 is 0 Å². The van der Waals surface area contributed by atoms with E-state index in [0.717, 1.165) is 44.2 Å². The molecule has 0 unspecified atom stereocenters. The van der Waals surface area contributed by atoms with E-state index in [0.29, 0.717) is 12.1 Å². The molecule has 33 heavy (non-hydrogen) atoms. The van der Waals surface area contributed by atoms with Gasteiger partial charge in [0.15, 0.2) is 5.82 Å². The third-order valence-corrected chi connectivity index (χ3v) is 6.73. The summed E-state index contributed by atoms with van der Waals surface area (Å²) in [5.41, 5.74) is 5.34. The van der Waals surface area contributed by atoms with E-state index in [1.807, 2.05) is 68.2 Å². The third-order valence-electron chi connectivity index (χ3n) is 5.73. The third kappa shape index (κ3) is 3.93. The molecule has 3 aromatic heterocycles. The number of aryl methyl sites for hydroxylation is 1. The second kappa shape index (κ2) is 8.63. The molecule has 0 atom stereocenters. The van der Waals surface area contributed by atoms with Crippen LogP contribution >= 0.6 is 11.3 Å². The van der Waals surface area contributed by atoms with Gasteiger partial charge in [0.05, 0.1) is 6.33 Å². The Morgan fingerprint density at radius 2 is 1.91 bits per heavy atom. The average Bonchev–Trinajstić information content (AvgIpc) is 3.45. The lowest BCUT2D eigenvalue weighted by Crippen LogP contribution is -2.28. The summed E-state index contributed by atoms with van der Waals surface area (Å²) >= 11 is 1.51. The first-order valence-electron chi connectivity index (χ1n) is 10.7. The van der Waals surface area contributed by atoms with Crippen molar-refractivity contribution >= 4 is 44.4 Å². The molecule has 1 N–H and O–H groups in total. The van der Waals surface area contributed by atoms with Crippen molar-refractivity contribution in [3.63, 3.8) is 0 Å². The van der Waals surface area contributed by atoms with Crippen molar-refractivity contribution in [2.45, 2.75) is 6.42 Å². The lowest BCUT2D eigenvalue weighted by atomic mass is 10.1. The highest BCUT2D eigenvalue weighted by Gasteiger charge is 2.18. The monoisotopic (exact) mass is 456 g/mol. The van der Waals surface area contributed by atoms with Crippen LogP contribution in [0.15, 0.2) is 60.9 Å². The SMILES string of the molecule is CNc1nc2sc(-c3cccc(C(=O)N(C)CCc4ccccc4)c3)nc2c2c1ncn2C. The highest BCUT2D eigenvalue weighted by molar-refractivity contribution is 7.21. The normalized spacial score (nSPS) is 11.2. The molecule has 0 bridgehead atoms. The molecule has 0 aliphatic carbocycles. The van der Waals surface area contributed by atoms with Gasteiger partial charge in [-0.1, -0.05) is 53.8 Å². The maximum Gasteiger partial charge on any atom is 0.253 e. The van der Waals surface area contributed by atoms with E-state index in [1.54, 1.807) is 11.2 Å². The zero-order chi connectivity index (χ0) is 22.9. The summed E-state index contributed by atoms with van der Waals surface area (Å²) in [4.78, 5) is 29.7. The number of hydrogen-bond acceptors (Lipinski definition) is 6. The number of anilines is 1. The van der Waals surface area contributed by atoms with Gasteiger partial charge in [-0.3, -0.25) is 4.79 Å². The predicted molar refractivity (Wildman–Crippen MR) is 134 cm³/mol. The summed E-state index contributed by atoms with van der Waals surface area (Å²) in [5.74, 6) is 0.732. The predicted octanol–water partition coefficient (Wildman–Crippen LogP) is 4.60. The molecule has 0 radical (unpaired) electrons. The molecule has 166 valence electrons. The van der Waals surface area contributed by atoms with E-state index in [4.69, 9.17) is 9.97 Å². The van der Waals surface area contributed by atoms with Crippen molar-refractivity contribution < 1.29 is 4.79 Å². The number of carbonyl (C=O) groups excluding carboxylic acids is 1. The smallest absolute Gasteiger partial charge is 0.253 e. The second-order valence-electron chi connectivity index (χ2n) is 7.98.